The summed E-state index contributed by atoms with van der Waals surface area (Å²) < 4.78 is 0. The van der Waals surface area contributed by atoms with E-state index >= 15 is 0 Å². The molecular weight excluding hydrogens is 528 g/mol. The highest BCUT2D eigenvalue weighted by atomic mass is 14.3. The molecule has 0 saturated heterocycles. The van der Waals surface area contributed by atoms with Crippen LogP contribution in [0.25, 0.3) is 76.5 Å². The van der Waals surface area contributed by atoms with Crippen molar-refractivity contribution in [2.75, 3.05) is 0 Å². The molecule has 0 amide bonds. The van der Waals surface area contributed by atoms with Gasteiger partial charge >= 0.3 is 0 Å². The summed E-state index contributed by atoms with van der Waals surface area (Å²) in [5.74, 6) is 0. The zero-order chi connectivity index (χ0) is 29.8. The number of hydrogen-bond acceptors (Lipinski definition) is 0. The highest BCUT2D eigenvalue weighted by Crippen LogP contribution is 2.45. The van der Waals surface area contributed by atoms with Gasteiger partial charge in [0.15, 0.2) is 0 Å². The van der Waals surface area contributed by atoms with Crippen molar-refractivity contribution < 1.29 is 0 Å². The lowest BCUT2D eigenvalue weighted by Gasteiger charge is -2.26. The van der Waals surface area contributed by atoms with Crippen LogP contribution in [0, 0.1) is 0 Å². The first-order chi connectivity index (χ1) is 21.5. The van der Waals surface area contributed by atoms with E-state index < -0.39 is 0 Å². The van der Waals surface area contributed by atoms with Crippen LogP contribution in [0.15, 0.2) is 152 Å². The molecule has 0 aromatic heterocycles. The van der Waals surface area contributed by atoms with Crippen molar-refractivity contribution in [2.45, 2.75) is 26.2 Å². The molecule has 0 fully saturated rings. The highest BCUT2D eigenvalue weighted by Gasteiger charge is 2.24. The topological polar surface area (TPSA) is 0 Å². The van der Waals surface area contributed by atoms with Crippen molar-refractivity contribution in [2.24, 2.45) is 0 Å². The van der Waals surface area contributed by atoms with Crippen LogP contribution in [0.5, 0.6) is 0 Å². The van der Waals surface area contributed by atoms with E-state index in [9.17, 15) is 0 Å². The molecule has 0 nitrogen and oxygen atoms in total. The second-order valence-corrected chi connectivity index (χ2v) is 13.0. The van der Waals surface area contributed by atoms with Gasteiger partial charge < -0.3 is 0 Å². The third-order valence-electron chi connectivity index (χ3n) is 9.11. The zero-order valence-corrected chi connectivity index (χ0v) is 25.4. The molecule has 8 rings (SSSR count). The third kappa shape index (κ3) is 4.38. The Bertz CT molecular complexity index is 2360. The normalized spacial score (nSPS) is 12.0. The van der Waals surface area contributed by atoms with Gasteiger partial charge in [-0.05, 0) is 106 Å². The Hall–Kier alpha value is -5.20. The molecule has 0 bridgehead atoms. The van der Waals surface area contributed by atoms with Crippen molar-refractivity contribution in [3.8, 4) is 33.4 Å². The second-order valence-electron chi connectivity index (χ2n) is 13.0. The monoisotopic (exact) mass is 562 g/mol. The average Bonchev–Trinajstić information content (AvgIpc) is 3.06. The molecule has 0 saturated carbocycles. The van der Waals surface area contributed by atoms with Gasteiger partial charge in [-0.15, -0.1) is 0 Å². The fraction of sp³-hybridized carbons (Fsp3) is 0.0909. The summed E-state index contributed by atoms with van der Waals surface area (Å²) in [5.41, 5.74) is 8.92. The zero-order valence-electron chi connectivity index (χ0n) is 25.4. The van der Waals surface area contributed by atoms with Crippen LogP contribution in [0.3, 0.4) is 0 Å². The van der Waals surface area contributed by atoms with E-state index in [2.05, 4.69) is 172 Å². The maximum absolute atomic E-state index is 2.44. The van der Waals surface area contributed by atoms with Crippen molar-refractivity contribution in [1.29, 1.82) is 0 Å². The lowest BCUT2D eigenvalue weighted by atomic mass is 9.77. The van der Waals surface area contributed by atoms with Crippen LogP contribution < -0.4 is 0 Å². The standard InChI is InChI=1S/C44H34/c1-44(2,3)43-40-20-9-8-19-38(40)42(35-23-22-29-12-4-5-14-31(29)27-35)39-25-24-33(28-41(39)43)32-16-10-17-34(26-32)37-21-11-15-30-13-6-7-18-36(30)37/h4-28H,1-3H3. The average molecular weight is 563 g/mol. The van der Waals surface area contributed by atoms with Crippen molar-refractivity contribution in [3.05, 3.63) is 157 Å². The molecule has 0 heterocycles. The SMILES string of the molecule is CC(C)(C)c1c2ccccc2c(-c2ccc3ccccc3c2)c2ccc(-c3cccc(-c4cccc5ccccc45)c3)cc12. The summed E-state index contributed by atoms with van der Waals surface area (Å²) in [5, 5.41) is 10.4. The van der Waals surface area contributed by atoms with Crippen molar-refractivity contribution in [3.63, 3.8) is 0 Å². The first-order valence-corrected chi connectivity index (χ1v) is 15.5. The molecule has 0 aliphatic carbocycles. The van der Waals surface area contributed by atoms with Crippen molar-refractivity contribution >= 4 is 43.1 Å². The molecule has 0 aliphatic heterocycles. The predicted octanol–water partition coefficient (Wildman–Crippen LogP) is 12.6. The van der Waals surface area contributed by atoms with Gasteiger partial charge in [-0.25, -0.2) is 0 Å². The van der Waals surface area contributed by atoms with Gasteiger partial charge in [0.2, 0.25) is 0 Å². The lowest BCUT2D eigenvalue weighted by molar-refractivity contribution is 0.601. The summed E-state index contributed by atoms with van der Waals surface area (Å²) in [4.78, 5) is 0. The Morgan fingerprint density at radius 1 is 0.341 bits per heavy atom. The number of hydrogen-bond donors (Lipinski definition) is 0. The predicted molar refractivity (Wildman–Crippen MR) is 191 cm³/mol. The molecule has 8 aromatic carbocycles. The van der Waals surface area contributed by atoms with E-state index in [1.54, 1.807) is 0 Å². The molecular formula is C44H34. The molecule has 210 valence electrons. The first-order valence-electron chi connectivity index (χ1n) is 15.5. The van der Waals surface area contributed by atoms with Gasteiger partial charge in [-0.2, -0.15) is 0 Å². The fourth-order valence-electron chi connectivity index (χ4n) is 7.17. The summed E-state index contributed by atoms with van der Waals surface area (Å²) in [6.07, 6.45) is 0. The number of rotatable bonds is 3. The largest absolute Gasteiger partial charge is 0.0616 e. The van der Waals surface area contributed by atoms with Gasteiger partial charge in [0.25, 0.3) is 0 Å². The van der Waals surface area contributed by atoms with Crippen LogP contribution >= 0.6 is 0 Å². The Morgan fingerprint density at radius 2 is 0.932 bits per heavy atom. The van der Waals surface area contributed by atoms with Crippen LogP contribution in [0.2, 0.25) is 0 Å². The highest BCUT2D eigenvalue weighted by molar-refractivity contribution is 6.16. The number of fused-ring (bicyclic) bond motifs is 4. The minimum absolute atomic E-state index is 0.0385. The van der Waals surface area contributed by atoms with E-state index in [1.165, 1.54) is 82.0 Å². The van der Waals surface area contributed by atoms with Gasteiger partial charge in [-0.3, -0.25) is 0 Å². The third-order valence-corrected chi connectivity index (χ3v) is 9.11. The summed E-state index contributed by atoms with van der Waals surface area (Å²) in [7, 11) is 0. The Morgan fingerprint density at radius 3 is 1.75 bits per heavy atom. The molecule has 44 heavy (non-hydrogen) atoms. The van der Waals surface area contributed by atoms with Gasteiger partial charge in [0.05, 0.1) is 0 Å². The molecule has 0 radical (unpaired) electrons. The van der Waals surface area contributed by atoms with E-state index in [-0.39, 0.29) is 5.41 Å². The van der Waals surface area contributed by atoms with Crippen LogP contribution in [0.1, 0.15) is 26.3 Å². The van der Waals surface area contributed by atoms with E-state index in [1.807, 2.05) is 0 Å². The maximum Gasteiger partial charge on any atom is -0.00264 e. The summed E-state index contributed by atoms with van der Waals surface area (Å²) in [6, 6.07) is 55.9. The van der Waals surface area contributed by atoms with Crippen molar-refractivity contribution in [1.82, 2.24) is 0 Å². The molecule has 0 N–H and O–H groups in total. The Balaban J connectivity index is 1.39. The fourth-order valence-corrected chi connectivity index (χ4v) is 7.17. The quantitative estimate of drug-likeness (QED) is 0.188. The minimum Gasteiger partial charge on any atom is -0.0616 e. The lowest BCUT2D eigenvalue weighted by Crippen LogP contribution is -2.13. The van der Waals surface area contributed by atoms with Crippen LogP contribution in [-0.4, -0.2) is 0 Å². The molecule has 0 heteroatoms. The van der Waals surface area contributed by atoms with Crippen LogP contribution in [-0.2, 0) is 5.41 Å². The Kier molecular flexibility index (Phi) is 6.13. The molecule has 0 atom stereocenters. The van der Waals surface area contributed by atoms with Gasteiger partial charge in [0.1, 0.15) is 0 Å². The second kappa shape index (κ2) is 10.2. The van der Waals surface area contributed by atoms with E-state index in [0.29, 0.717) is 0 Å². The van der Waals surface area contributed by atoms with E-state index in [0.717, 1.165) is 0 Å². The smallest absolute Gasteiger partial charge is 0.00264 e. The van der Waals surface area contributed by atoms with Gasteiger partial charge in [0, 0.05) is 0 Å². The Labute approximate surface area is 259 Å². The van der Waals surface area contributed by atoms with Crippen LogP contribution in [0.4, 0.5) is 0 Å². The molecule has 0 unspecified atom stereocenters. The minimum atomic E-state index is -0.0385. The summed E-state index contributed by atoms with van der Waals surface area (Å²) in [6.45, 7) is 7.03. The maximum atomic E-state index is 2.44. The molecule has 0 spiro atoms. The first kappa shape index (κ1) is 26.4. The van der Waals surface area contributed by atoms with Gasteiger partial charge in [-0.1, -0.05) is 154 Å². The number of benzene rings is 8. The molecule has 0 aliphatic rings. The summed E-state index contributed by atoms with van der Waals surface area (Å²) >= 11 is 0. The van der Waals surface area contributed by atoms with E-state index in [4.69, 9.17) is 0 Å². The molecule has 8 aromatic rings.